The Labute approximate surface area is 221 Å². The minimum atomic E-state index is -0.963. The number of piperidine rings is 1. The monoisotopic (exact) mass is 528 g/mol. The van der Waals surface area contributed by atoms with Gasteiger partial charge in [-0.2, -0.15) is 0 Å². The van der Waals surface area contributed by atoms with Crippen molar-refractivity contribution in [2.24, 2.45) is 5.92 Å². The fourth-order valence-electron chi connectivity index (χ4n) is 5.10. The van der Waals surface area contributed by atoms with Crippen LogP contribution in [0.4, 0.5) is 14.5 Å². The van der Waals surface area contributed by atoms with Crippen molar-refractivity contribution in [1.82, 2.24) is 5.32 Å². The Hall–Kier alpha value is -3.49. The number of hydrogen-bond acceptors (Lipinski definition) is 5. The molecule has 2 aromatic carbocycles. The molecule has 1 saturated carbocycles. The van der Waals surface area contributed by atoms with Crippen molar-refractivity contribution < 1.29 is 33.0 Å². The zero-order valence-corrected chi connectivity index (χ0v) is 21.4. The number of ketones is 1. The molecule has 2 aliphatic rings. The topological polar surface area (TPSA) is 95.9 Å². The second-order valence-corrected chi connectivity index (χ2v) is 10.1. The number of anilines is 1. The minimum absolute atomic E-state index is 0.0203. The van der Waals surface area contributed by atoms with Crippen LogP contribution >= 0.6 is 0 Å². The Bertz CT molecular complexity index is 1120. The van der Waals surface area contributed by atoms with Crippen LogP contribution in [0.1, 0.15) is 78.5 Å². The predicted octanol–water partition coefficient (Wildman–Crippen LogP) is 5.37. The second kappa shape index (κ2) is 12.8. The number of carboxylic acid groups (broad SMARTS) is 1. The van der Waals surface area contributed by atoms with Crippen molar-refractivity contribution in [3.63, 3.8) is 0 Å². The van der Waals surface area contributed by atoms with E-state index in [1.165, 1.54) is 19.3 Å². The number of amides is 1. The van der Waals surface area contributed by atoms with Gasteiger partial charge in [-0.1, -0.05) is 0 Å². The van der Waals surface area contributed by atoms with Gasteiger partial charge in [-0.15, -0.1) is 0 Å². The number of carboxylic acids is 1. The number of rotatable bonds is 10. The van der Waals surface area contributed by atoms with Crippen LogP contribution in [0.5, 0.6) is 5.75 Å². The third-order valence-corrected chi connectivity index (χ3v) is 7.35. The fraction of sp³-hybridized carbons (Fsp3) is 0.483. The van der Waals surface area contributed by atoms with Crippen molar-refractivity contribution in [2.75, 3.05) is 24.5 Å². The first kappa shape index (κ1) is 27.5. The lowest BCUT2D eigenvalue weighted by Crippen LogP contribution is -2.29. The number of hydrogen-bond donors (Lipinski definition) is 2. The van der Waals surface area contributed by atoms with E-state index in [1.807, 2.05) is 12.1 Å². The first-order chi connectivity index (χ1) is 18.3. The number of nitrogens with zero attached hydrogens (tertiary/aromatic N) is 1. The third kappa shape index (κ3) is 7.08. The van der Waals surface area contributed by atoms with E-state index in [4.69, 9.17) is 9.84 Å². The highest BCUT2D eigenvalue weighted by molar-refractivity contribution is 5.96. The normalized spacial score (nSPS) is 19.6. The molecule has 7 nitrogen and oxygen atoms in total. The molecule has 0 atom stereocenters. The van der Waals surface area contributed by atoms with Gasteiger partial charge in [0.2, 0.25) is 0 Å². The van der Waals surface area contributed by atoms with Gasteiger partial charge in [0.05, 0.1) is 12.0 Å². The van der Waals surface area contributed by atoms with Crippen molar-refractivity contribution >= 4 is 23.3 Å². The summed E-state index contributed by atoms with van der Waals surface area (Å²) in [6, 6.07) is 9.40. The average molecular weight is 529 g/mol. The summed E-state index contributed by atoms with van der Waals surface area (Å²) in [6.07, 6.45) is 5.04. The molecule has 204 valence electrons. The SMILES string of the molecule is O=C(CCCNC(=O)c1ccc(N2CCCCC2)cc1)c1cc(F)c(OC2CCC(C(=O)O)CC2)c(F)c1. The molecule has 0 spiro atoms. The van der Waals surface area contributed by atoms with E-state index in [0.29, 0.717) is 37.7 Å². The first-order valence-corrected chi connectivity index (χ1v) is 13.4. The van der Waals surface area contributed by atoms with Crippen LogP contribution in [-0.2, 0) is 4.79 Å². The minimum Gasteiger partial charge on any atom is -0.484 e. The second-order valence-electron chi connectivity index (χ2n) is 10.1. The molecule has 1 aliphatic heterocycles. The highest BCUT2D eigenvalue weighted by Gasteiger charge is 2.28. The van der Waals surface area contributed by atoms with Crippen LogP contribution in [0.3, 0.4) is 0 Å². The molecule has 1 saturated heterocycles. The summed E-state index contributed by atoms with van der Waals surface area (Å²) >= 11 is 0. The Balaban J connectivity index is 1.22. The van der Waals surface area contributed by atoms with Crippen LogP contribution in [-0.4, -0.2) is 48.5 Å². The van der Waals surface area contributed by atoms with E-state index >= 15 is 0 Å². The van der Waals surface area contributed by atoms with Crippen LogP contribution in [0.15, 0.2) is 36.4 Å². The molecule has 2 aromatic rings. The number of nitrogens with one attached hydrogen (secondary N) is 1. The summed E-state index contributed by atoms with van der Waals surface area (Å²) < 4.78 is 34.7. The van der Waals surface area contributed by atoms with Crippen LogP contribution in [0.2, 0.25) is 0 Å². The van der Waals surface area contributed by atoms with Gasteiger partial charge >= 0.3 is 5.97 Å². The van der Waals surface area contributed by atoms with Crippen LogP contribution in [0, 0.1) is 17.6 Å². The van der Waals surface area contributed by atoms with Crippen molar-refractivity contribution in [1.29, 1.82) is 0 Å². The van der Waals surface area contributed by atoms with Gasteiger partial charge in [-0.25, -0.2) is 8.78 Å². The van der Waals surface area contributed by atoms with Crippen molar-refractivity contribution in [3.8, 4) is 5.75 Å². The molecule has 1 aliphatic carbocycles. The van der Waals surface area contributed by atoms with Crippen LogP contribution in [0.25, 0.3) is 0 Å². The zero-order valence-electron chi connectivity index (χ0n) is 21.4. The molecule has 2 fully saturated rings. The first-order valence-electron chi connectivity index (χ1n) is 13.4. The molecular formula is C29H34F2N2O5. The van der Waals surface area contributed by atoms with E-state index in [9.17, 15) is 23.2 Å². The Kier molecular flexibility index (Phi) is 9.31. The van der Waals surface area contributed by atoms with Gasteiger partial charge in [0.15, 0.2) is 23.2 Å². The Morgan fingerprint density at radius 2 is 1.55 bits per heavy atom. The third-order valence-electron chi connectivity index (χ3n) is 7.35. The molecule has 4 rings (SSSR count). The van der Waals surface area contributed by atoms with E-state index in [2.05, 4.69) is 10.2 Å². The Morgan fingerprint density at radius 3 is 2.16 bits per heavy atom. The maximum atomic E-state index is 14.6. The van der Waals surface area contributed by atoms with E-state index in [1.54, 1.807) is 12.1 Å². The lowest BCUT2D eigenvalue weighted by Gasteiger charge is -2.28. The summed E-state index contributed by atoms with van der Waals surface area (Å²) in [6.45, 7) is 2.31. The molecule has 0 bridgehead atoms. The Morgan fingerprint density at radius 1 is 0.921 bits per heavy atom. The van der Waals surface area contributed by atoms with Gasteiger partial charge < -0.3 is 20.1 Å². The maximum absolute atomic E-state index is 14.6. The van der Waals surface area contributed by atoms with Gasteiger partial charge in [0, 0.05) is 42.9 Å². The average Bonchev–Trinajstić information content (AvgIpc) is 2.93. The van der Waals surface area contributed by atoms with Gasteiger partial charge in [-0.3, -0.25) is 14.4 Å². The van der Waals surface area contributed by atoms with Crippen molar-refractivity contribution in [3.05, 3.63) is 59.2 Å². The molecule has 9 heteroatoms. The molecule has 2 N–H and O–H groups in total. The standard InChI is InChI=1S/C29H34F2N2O5/c30-24-17-21(18-25(31)27(24)38-23-12-8-20(9-13-23)29(36)37)26(34)5-4-14-32-28(35)19-6-10-22(11-7-19)33-15-2-1-3-16-33/h6-7,10-11,17-18,20,23H,1-5,8-9,12-16H2,(H,32,35)(H,36,37). The van der Waals surface area contributed by atoms with Crippen molar-refractivity contribution in [2.45, 2.75) is 63.9 Å². The van der Waals surface area contributed by atoms with Crippen LogP contribution < -0.4 is 15.0 Å². The number of halogens is 2. The lowest BCUT2D eigenvalue weighted by molar-refractivity contribution is -0.143. The molecular weight excluding hydrogens is 494 g/mol. The van der Waals surface area contributed by atoms with E-state index in [0.717, 1.165) is 30.9 Å². The highest BCUT2D eigenvalue weighted by atomic mass is 19.1. The lowest BCUT2D eigenvalue weighted by atomic mass is 9.87. The smallest absolute Gasteiger partial charge is 0.306 e. The van der Waals surface area contributed by atoms with Gasteiger partial charge in [0.25, 0.3) is 5.91 Å². The highest BCUT2D eigenvalue weighted by Crippen LogP contribution is 2.31. The summed E-state index contributed by atoms with van der Waals surface area (Å²) in [5.74, 6) is -4.47. The molecule has 0 aromatic heterocycles. The largest absolute Gasteiger partial charge is 0.484 e. The van der Waals surface area contributed by atoms with Gasteiger partial charge in [-0.05, 0) is 87.8 Å². The van der Waals surface area contributed by atoms with E-state index in [-0.39, 0.29) is 24.4 Å². The van der Waals surface area contributed by atoms with E-state index < -0.39 is 41.2 Å². The fourth-order valence-corrected chi connectivity index (χ4v) is 5.10. The zero-order chi connectivity index (χ0) is 27.1. The predicted molar refractivity (Wildman–Crippen MR) is 139 cm³/mol. The number of Topliss-reactive ketones (excluding diaryl/α,β-unsaturated/α-hetero) is 1. The summed E-state index contributed by atoms with van der Waals surface area (Å²) in [5.41, 5.74) is 1.54. The molecule has 1 amide bonds. The molecule has 0 radical (unpaired) electrons. The van der Waals surface area contributed by atoms with Gasteiger partial charge in [0.1, 0.15) is 0 Å². The number of benzene rings is 2. The number of ether oxygens (including phenoxy) is 1. The number of carbonyl (C=O) groups excluding carboxylic acids is 2. The number of aliphatic carboxylic acids is 1. The molecule has 1 heterocycles. The maximum Gasteiger partial charge on any atom is 0.306 e. The quantitative estimate of drug-likeness (QED) is 0.318. The summed E-state index contributed by atoms with van der Waals surface area (Å²) in [7, 11) is 0. The number of carbonyl (C=O) groups is 3. The molecule has 38 heavy (non-hydrogen) atoms. The summed E-state index contributed by atoms with van der Waals surface area (Å²) in [5, 5.41) is 11.9. The summed E-state index contributed by atoms with van der Waals surface area (Å²) in [4.78, 5) is 38.3. The molecule has 0 unspecified atom stereocenters.